The predicted molar refractivity (Wildman–Crippen MR) is 89.7 cm³/mol. The number of hydrogen-bond acceptors (Lipinski definition) is 6. The Bertz CT molecular complexity index is 597. The molecule has 0 unspecified atom stereocenters. The van der Waals surface area contributed by atoms with Gasteiger partial charge in [-0.2, -0.15) is 0 Å². The minimum atomic E-state index is 0.550. The Morgan fingerprint density at radius 2 is 1.82 bits per heavy atom. The van der Waals surface area contributed by atoms with Crippen LogP contribution in [0.2, 0.25) is 0 Å². The predicted octanol–water partition coefficient (Wildman–Crippen LogP) is 3.12. The van der Waals surface area contributed by atoms with E-state index in [0.29, 0.717) is 12.5 Å². The summed E-state index contributed by atoms with van der Waals surface area (Å²) in [6.07, 6.45) is 0.905. The van der Waals surface area contributed by atoms with Gasteiger partial charge in [0.1, 0.15) is 17.0 Å². The molecule has 2 aromatic heterocycles. The molecule has 0 fully saturated rings. The molecule has 122 valence electrons. The normalized spacial score (nSPS) is 10.1. The van der Waals surface area contributed by atoms with Crippen molar-refractivity contribution in [1.82, 2.24) is 15.0 Å². The number of fused-ring (bicyclic) bond motifs is 1. The van der Waals surface area contributed by atoms with Crippen molar-refractivity contribution in [2.75, 3.05) is 32.7 Å². The van der Waals surface area contributed by atoms with Crippen molar-refractivity contribution in [3.63, 3.8) is 0 Å². The van der Waals surface area contributed by atoms with Crippen LogP contribution >= 0.6 is 0 Å². The van der Waals surface area contributed by atoms with Crippen LogP contribution in [-0.4, -0.2) is 42.3 Å². The van der Waals surface area contributed by atoms with Gasteiger partial charge in [-0.3, -0.25) is 0 Å². The zero-order valence-corrected chi connectivity index (χ0v) is 14.4. The van der Waals surface area contributed by atoms with Gasteiger partial charge in [0.15, 0.2) is 0 Å². The third kappa shape index (κ3) is 4.53. The van der Waals surface area contributed by atoms with Crippen molar-refractivity contribution >= 4 is 16.7 Å². The van der Waals surface area contributed by atoms with E-state index in [0.717, 1.165) is 41.2 Å². The fourth-order valence-corrected chi connectivity index (χ4v) is 2.05. The molecular weight excluding hydrogens is 280 g/mol. The Kier molecular flexibility index (Phi) is 7.52. The van der Waals surface area contributed by atoms with Crippen LogP contribution in [0.3, 0.4) is 0 Å². The van der Waals surface area contributed by atoms with E-state index in [2.05, 4.69) is 20.3 Å². The molecule has 0 amide bonds. The van der Waals surface area contributed by atoms with Crippen molar-refractivity contribution in [3.05, 3.63) is 17.6 Å². The molecule has 0 aliphatic heterocycles. The molecule has 0 saturated heterocycles. The highest BCUT2D eigenvalue weighted by atomic mass is 16.5. The van der Waals surface area contributed by atoms with Crippen LogP contribution < -0.4 is 10.1 Å². The second kappa shape index (κ2) is 9.15. The number of anilines is 1. The van der Waals surface area contributed by atoms with Crippen LogP contribution in [-0.2, 0) is 4.74 Å². The Balaban J connectivity index is 0.00000116. The van der Waals surface area contributed by atoms with Crippen molar-refractivity contribution < 1.29 is 9.47 Å². The summed E-state index contributed by atoms with van der Waals surface area (Å²) in [5.74, 6) is 2.03. The second-order valence-corrected chi connectivity index (χ2v) is 4.56. The third-order valence-electron chi connectivity index (χ3n) is 2.90. The number of aryl methyl sites for hydroxylation is 2. The first-order valence-corrected chi connectivity index (χ1v) is 7.58. The van der Waals surface area contributed by atoms with Gasteiger partial charge in [0.25, 0.3) is 0 Å². The van der Waals surface area contributed by atoms with Gasteiger partial charge in [-0.15, -0.1) is 0 Å². The van der Waals surface area contributed by atoms with Crippen LogP contribution in [0.25, 0.3) is 10.9 Å². The maximum Gasteiger partial charge on any atom is 0.226 e. The van der Waals surface area contributed by atoms with Crippen molar-refractivity contribution in [2.24, 2.45) is 0 Å². The molecule has 0 radical (unpaired) electrons. The zero-order valence-electron chi connectivity index (χ0n) is 14.4. The molecule has 0 aliphatic rings. The summed E-state index contributed by atoms with van der Waals surface area (Å²) in [6.45, 7) is 9.28. The largest absolute Gasteiger partial charge is 0.480 e. The number of nitrogens with one attached hydrogen (secondary N) is 1. The summed E-state index contributed by atoms with van der Waals surface area (Å²) in [5.41, 5.74) is 1.72. The summed E-state index contributed by atoms with van der Waals surface area (Å²) in [6, 6.07) is 1.94. The molecular formula is C16H26N4O2. The lowest BCUT2D eigenvalue weighted by Crippen LogP contribution is -2.09. The smallest absolute Gasteiger partial charge is 0.226 e. The molecule has 0 aliphatic carbocycles. The molecule has 2 heterocycles. The number of aromatic nitrogens is 3. The first-order valence-electron chi connectivity index (χ1n) is 7.58. The van der Waals surface area contributed by atoms with Gasteiger partial charge in [0.2, 0.25) is 5.88 Å². The summed E-state index contributed by atoms with van der Waals surface area (Å²) in [4.78, 5) is 13.3. The zero-order chi connectivity index (χ0) is 16.5. The fourth-order valence-electron chi connectivity index (χ4n) is 2.05. The molecule has 0 aromatic carbocycles. The summed E-state index contributed by atoms with van der Waals surface area (Å²) >= 11 is 0. The lowest BCUT2D eigenvalue weighted by molar-refractivity contribution is 0.198. The Morgan fingerprint density at radius 3 is 2.45 bits per heavy atom. The molecule has 0 saturated carbocycles. The Morgan fingerprint density at radius 1 is 1.09 bits per heavy atom. The number of methoxy groups -OCH3 is 2. The molecule has 0 spiro atoms. The SMILES string of the molecule is CC.COCCCNc1nc(C)nc2cc(C)nc(OC)c12. The van der Waals surface area contributed by atoms with E-state index < -0.39 is 0 Å². The number of nitrogens with zero attached hydrogens (tertiary/aromatic N) is 3. The third-order valence-corrected chi connectivity index (χ3v) is 2.90. The van der Waals surface area contributed by atoms with Gasteiger partial charge in [-0.25, -0.2) is 15.0 Å². The Hall–Kier alpha value is -1.95. The highest BCUT2D eigenvalue weighted by Crippen LogP contribution is 2.29. The number of pyridine rings is 1. The Labute approximate surface area is 132 Å². The number of ether oxygens (including phenoxy) is 2. The van der Waals surface area contributed by atoms with Gasteiger partial charge in [0, 0.05) is 26.0 Å². The van der Waals surface area contributed by atoms with E-state index in [-0.39, 0.29) is 0 Å². The molecule has 2 rings (SSSR count). The number of rotatable bonds is 6. The van der Waals surface area contributed by atoms with E-state index >= 15 is 0 Å². The maximum absolute atomic E-state index is 5.36. The molecule has 0 bridgehead atoms. The summed E-state index contributed by atoms with van der Waals surface area (Å²) in [7, 11) is 3.30. The monoisotopic (exact) mass is 306 g/mol. The second-order valence-electron chi connectivity index (χ2n) is 4.56. The van der Waals surface area contributed by atoms with Crippen LogP contribution in [0.1, 0.15) is 31.8 Å². The van der Waals surface area contributed by atoms with Gasteiger partial charge in [-0.1, -0.05) is 13.8 Å². The fraction of sp³-hybridized carbons (Fsp3) is 0.562. The van der Waals surface area contributed by atoms with Crippen LogP contribution in [0.5, 0.6) is 5.88 Å². The maximum atomic E-state index is 5.36. The van der Waals surface area contributed by atoms with E-state index in [9.17, 15) is 0 Å². The van der Waals surface area contributed by atoms with Gasteiger partial charge in [0.05, 0.1) is 12.6 Å². The van der Waals surface area contributed by atoms with E-state index in [1.807, 2.05) is 33.8 Å². The highest BCUT2D eigenvalue weighted by molar-refractivity contribution is 5.93. The van der Waals surface area contributed by atoms with E-state index in [4.69, 9.17) is 9.47 Å². The average molecular weight is 306 g/mol. The first kappa shape index (κ1) is 18.1. The van der Waals surface area contributed by atoms with E-state index in [1.165, 1.54) is 0 Å². The molecule has 2 aromatic rings. The van der Waals surface area contributed by atoms with Crippen LogP contribution in [0, 0.1) is 13.8 Å². The standard InChI is InChI=1S/C14H20N4O2.C2H6/c1-9-8-11-12(14(16-9)20-4)13(18-10(2)17-11)15-6-5-7-19-3;1-2/h8H,5-7H2,1-4H3,(H,15,17,18);1-2H3. The van der Waals surface area contributed by atoms with Gasteiger partial charge >= 0.3 is 0 Å². The van der Waals surface area contributed by atoms with Gasteiger partial charge < -0.3 is 14.8 Å². The van der Waals surface area contributed by atoms with Crippen molar-refractivity contribution in [2.45, 2.75) is 34.1 Å². The molecule has 6 heteroatoms. The van der Waals surface area contributed by atoms with Crippen molar-refractivity contribution in [3.8, 4) is 5.88 Å². The van der Waals surface area contributed by atoms with E-state index in [1.54, 1.807) is 14.2 Å². The summed E-state index contributed by atoms with van der Waals surface area (Å²) < 4.78 is 10.4. The van der Waals surface area contributed by atoms with Gasteiger partial charge in [-0.05, 0) is 26.3 Å². The lowest BCUT2D eigenvalue weighted by Gasteiger charge is -2.12. The highest BCUT2D eigenvalue weighted by Gasteiger charge is 2.13. The van der Waals surface area contributed by atoms with Crippen LogP contribution in [0.15, 0.2) is 6.07 Å². The first-order chi connectivity index (χ1) is 10.7. The summed E-state index contributed by atoms with van der Waals surface area (Å²) in [5, 5.41) is 4.13. The molecule has 6 nitrogen and oxygen atoms in total. The number of hydrogen-bond donors (Lipinski definition) is 1. The van der Waals surface area contributed by atoms with Crippen LogP contribution in [0.4, 0.5) is 5.82 Å². The average Bonchev–Trinajstić information content (AvgIpc) is 2.51. The molecule has 0 atom stereocenters. The topological polar surface area (TPSA) is 69.2 Å². The lowest BCUT2D eigenvalue weighted by atomic mass is 10.2. The minimum Gasteiger partial charge on any atom is -0.480 e. The quantitative estimate of drug-likeness (QED) is 0.827. The minimum absolute atomic E-state index is 0.550. The molecule has 22 heavy (non-hydrogen) atoms. The van der Waals surface area contributed by atoms with Crippen molar-refractivity contribution in [1.29, 1.82) is 0 Å². The molecule has 1 N–H and O–H groups in total.